The molecule has 0 amide bonds. The fraction of sp³-hybridized carbons (Fsp3) is 0.429. The molecular weight excluding hydrogens is 274 g/mol. The molecule has 1 unspecified atom stereocenters. The predicted octanol–water partition coefficient (Wildman–Crippen LogP) is 2.02. The number of hydrogen-bond donors (Lipinski definition) is 2. The molecule has 1 fully saturated rings. The number of fused-ring (bicyclic) bond motifs is 1. The Hall–Kier alpha value is -1.59. The summed E-state index contributed by atoms with van der Waals surface area (Å²) in [5.74, 6) is 1.74. The molecule has 0 radical (unpaired) electrons. The van der Waals surface area contributed by atoms with Gasteiger partial charge in [-0.3, -0.25) is 0 Å². The number of nitrogens with zero attached hydrogens (tertiary/aromatic N) is 3. The predicted molar refractivity (Wildman–Crippen MR) is 85.8 cm³/mol. The van der Waals surface area contributed by atoms with Crippen molar-refractivity contribution in [3.8, 4) is 0 Å². The van der Waals surface area contributed by atoms with Crippen molar-refractivity contribution in [2.45, 2.75) is 18.9 Å². The van der Waals surface area contributed by atoms with E-state index in [1.165, 1.54) is 0 Å². The minimum Gasteiger partial charge on any atom is -0.370 e. The summed E-state index contributed by atoms with van der Waals surface area (Å²) in [6.45, 7) is 1.84. The average Bonchev–Trinajstić information content (AvgIpc) is 2.46. The van der Waals surface area contributed by atoms with Gasteiger partial charge in [-0.1, -0.05) is 12.1 Å². The topological polar surface area (TPSA) is 67.1 Å². The molecule has 1 atom stereocenters. The molecule has 108 valence electrons. The first-order valence-electron chi connectivity index (χ1n) is 6.73. The number of aromatic nitrogens is 2. The quantitative estimate of drug-likeness (QED) is 0.887. The average molecular weight is 294 g/mol. The normalized spacial score (nSPS) is 18.7. The zero-order chi connectivity index (χ0) is 13.2. The van der Waals surface area contributed by atoms with E-state index in [0.29, 0.717) is 0 Å². The van der Waals surface area contributed by atoms with Crippen LogP contribution in [0.4, 0.5) is 11.6 Å². The van der Waals surface area contributed by atoms with E-state index < -0.39 is 0 Å². The number of rotatable bonds is 2. The van der Waals surface area contributed by atoms with E-state index in [2.05, 4.69) is 15.2 Å². The van der Waals surface area contributed by atoms with Crippen molar-refractivity contribution in [1.29, 1.82) is 0 Å². The number of nitrogens with one attached hydrogen (secondary N) is 1. The number of halogens is 1. The summed E-state index contributed by atoms with van der Waals surface area (Å²) in [5.41, 5.74) is 7.90. The van der Waals surface area contributed by atoms with Crippen molar-refractivity contribution in [2.75, 3.05) is 30.4 Å². The standard InChI is InChI=1S/C14H19N5.ClH/c1-16-13-14(19-8-4-5-10(15)9-19)18-12-7-3-2-6-11(12)17-13;/h2-3,6-7,10H,4-5,8-9,15H2,1H3,(H,16,17);1H. The van der Waals surface area contributed by atoms with Crippen molar-refractivity contribution in [3.63, 3.8) is 0 Å². The number of anilines is 2. The zero-order valence-corrected chi connectivity index (χ0v) is 12.4. The lowest BCUT2D eigenvalue weighted by atomic mass is 10.1. The third kappa shape index (κ3) is 2.78. The van der Waals surface area contributed by atoms with Gasteiger partial charge in [-0.2, -0.15) is 0 Å². The highest BCUT2D eigenvalue weighted by atomic mass is 35.5. The largest absolute Gasteiger partial charge is 0.370 e. The molecular formula is C14H20ClN5. The van der Waals surface area contributed by atoms with Crippen LogP contribution in [0.3, 0.4) is 0 Å². The molecule has 0 aliphatic carbocycles. The molecule has 5 nitrogen and oxygen atoms in total. The SMILES string of the molecule is CNc1nc2ccccc2nc1N1CCCC(N)C1.Cl. The van der Waals surface area contributed by atoms with Gasteiger partial charge in [0.1, 0.15) is 0 Å². The first kappa shape index (κ1) is 14.8. The van der Waals surface area contributed by atoms with Crippen LogP contribution in [0, 0.1) is 0 Å². The Labute approximate surface area is 125 Å². The van der Waals surface area contributed by atoms with E-state index in [9.17, 15) is 0 Å². The van der Waals surface area contributed by atoms with Crippen LogP contribution >= 0.6 is 12.4 Å². The molecule has 20 heavy (non-hydrogen) atoms. The van der Waals surface area contributed by atoms with Crippen LogP contribution in [0.1, 0.15) is 12.8 Å². The van der Waals surface area contributed by atoms with E-state index in [-0.39, 0.29) is 18.4 Å². The monoisotopic (exact) mass is 293 g/mol. The van der Waals surface area contributed by atoms with E-state index >= 15 is 0 Å². The van der Waals surface area contributed by atoms with Gasteiger partial charge in [0.25, 0.3) is 0 Å². The Morgan fingerprint density at radius 2 is 1.95 bits per heavy atom. The molecule has 1 saturated heterocycles. The summed E-state index contributed by atoms with van der Waals surface area (Å²) in [6, 6.07) is 8.17. The summed E-state index contributed by atoms with van der Waals surface area (Å²) in [4.78, 5) is 11.6. The van der Waals surface area contributed by atoms with Crippen LogP contribution < -0.4 is 16.0 Å². The molecule has 2 heterocycles. The number of para-hydroxylation sites is 2. The van der Waals surface area contributed by atoms with Gasteiger partial charge in [-0.25, -0.2) is 9.97 Å². The Bertz CT molecular complexity index is 589. The third-order valence-corrected chi connectivity index (χ3v) is 3.55. The fourth-order valence-corrected chi connectivity index (χ4v) is 2.58. The molecule has 6 heteroatoms. The minimum atomic E-state index is 0. The number of benzene rings is 1. The van der Waals surface area contributed by atoms with E-state index in [0.717, 1.165) is 48.6 Å². The maximum atomic E-state index is 6.06. The van der Waals surface area contributed by atoms with Crippen molar-refractivity contribution in [2.24, 2.45) is 5.73 Å². The molecule has 1 aromatic heterocycles. The van der Waals surface area contributed by atoms with Crippen LogP contribution in [-0.4, -0.2) is 36.1 Å². The van der Waals surface area contributed by atoms with Crippen LogP contribution in [0.25, 0.3) is 11.0 Å². The van der Waals surface area contributed by atoms with Crippen molar-refractivity contribution < 1.29 is 0 Å². The first-order valence-corrected chi connectivity index (χ1v) is 6.73. The van der Waals surface area contributed by atoms with Gasteiger partial charge in [-0.05, 0) is 25.0 Å². The van der Waals surface area contributed by atoms with Gasteiger partial charge in [0, 0.05) is 26.2 Å². The Balaban J connectivity index is 0.00000147. The van der Waals surface area contributed by atoms with Crippen LogP contribution in [0.2, 0.25) is 0 Å². The lowest BCUT2D eigenvalue weighted by molar-refractivity contribution is 0.503. The van der Waals surface area contributed by atoms with Gasteiger partial charge in [0.2, 0.25) is 0 Å². The molecule has 3 N–H and O–H groups in total. The lowest BCUT2D eigenvalue weighted by Crippen LogP contribution is -2.43. The van der Waals surface area contributed by atoms with Crippen LogP contribution in [-0.2, 0) is 0 Å². The molecule has 0 bridgehead atoms. The molecule has 0 saturated carbocycles. The van der Waals surface area contributed by atoms with Crippen molar-refractivity contribution in [1.82, 2.24) is 9.97 Å². The van der Waals surface area contributed by atoms with Crippen LogP contribution in [0.5, 0.6) is 0 Å². The highest BCUT2D eigenvalue weighted by molar-refractivity contribution is 5.85. The summed E-state index contributed by atoms with van der Waals surface area (Å²) in [7, 11) is 1.88. The van der Waals surface area contributed by atoms with Gasteiger partial charge < -0.3 is 16.0 Å². The van der Waals surface area contributed by atoms with Gasteiger partial charge in [-0.15, -0.1) is 12.4 Å². The number of piperidine rings is 1. The van der Waals surface area contributed by atoms with Gasteiger partial charge in [0.15, 0.2) is 11.6 Å². The minimum absolute atomic E-state index is 0. The summed E-state index contributed by atoms with van der Waals surface area (Å²) < 4.78 is 0. The van der Waals surface area contributed by atoms with Crippen molar-refractivity contribution >= 4 is 35.1 Å². The highest BCUT2D eigenvalue weighted by Crippen LogP contribution is 2.26. The zero-order valence-electron chi connectivity index (χ0n) is 11.5. The molecule has 1 aliphatic rings. The number of nitrogens with two attached hydrogens (primary N) is 1. The smallest absolute Gasteiger partial charge is 0.172 e. The molecule has 1 aliphatic heterocycles. The summed E-state index contributed by atoms with van der Waals surface area (Å²) in [6.07, 6.45) is 2.20. The summed E-state index contributed by atoms with van der Waals surface area (Å²) in [5, 5.41) is 3.14. The van der Waals surface area contributed by atoms with E-state index in [1.54, 1.807) is 0 Å². The van der Waals surface area contributed by atoms with E-state index in [4.69, 9.17) is 10.7 Å². The van der Waals surface area contributed by atoms with Gasteiger partial charge >= 0.3 is 0 Å². The Kier molecular flexibility index (Phi) is 4.62. The second kappa shape index (κ2) is 6.24. The molecule has 3 rings (SSSR count). The first-order chi connectivity index (χ1) is 9.28. The second-order valence-electron chi connectivity index (χ2n) is 4.98. The highest BCUT2D eigenvalue weighted by Gasteiger charge is 2.21. The maximum absolute atomic E-state index is 6.06. The molecule has 1 aromatic carbocycles. The maximum Gasteiger partial charge on any atom is 0.172 e. The Morgan fingerprint density at radius 1 is 1.25 bits per heavy atom. The second-order valence-corrected chi connectivity index (χ2v) is 4.98. The fourth-order valence-electron chi connectivity index (χ4n) is 2.58. The van der Waals surface area contributed by atoms with Crippen LogP contribution in [0.15, 0.2) is 24.3 Å². The molecule has 0 spiro atoms. The Morgan fingerprint density at radius 3 is 2.60 bits per heavy atom. The van der Waals surface area contributed by atoms with Gasteiger partial charge in [0.05, 0.1) is 11.0 Å². The third-order valence-electron chi connectivity index (χ3n) is 3.55. The number of hydrogen-bond acceptors (Lipinski definition) is 5. The molecule has 2 aromatic rings. The lowest BCUT2D eigenvalue weighted by Gasteiger charge is -2.32. The van der Waals surface area contributed by atoms with E-state index in [1.807, 2.05) is 31.3 Å². The summed E-state index contributed by atoms with van der Waals surface area (Å²) >= 11 is 0. The van der Waals surface area contributed by atoms with Crippen molar-refractivity contribution in [3.05, 3.63) is 24.3 Å².